The maximum atomic E-state index is 5.67. The molecule has 0 saturated carbocycles. The normalized spacial score (nSPS) is 11.3. The first-order valence-electron chi connectivity index (χ1n) is 3.58. The first-order chi connectivity index (χ1) is 6.59. The average Bonchev–Trinajstić information content (AvgIpc) is 2.06. The molecule has 0 aliphatic rings. The maximum Gasteiger partial charge on any atom is 0.157 e. The Morgan fingerprint density at radius 2 is 1.14 bits per heavy atom. The predicted molar refractivity (Wildman–Crippen MR) is 69.1 cm³/mol. The van der Waals surface area contributed by atoms with Crippen LogP contribution in [0.3, 0.4) is 0 Å². The molecule has 0 unspecified atom stereocenters. The SMILES string of the molecule is ClC(Cl)Sc1ccccc1SC(Cl)Cl. The zero-order chi connectivity index (χ0) is 10.6. The Morgan fingerprint density at radius 3 is 1.43 bits per heavy atom. The van der Waals surface area contributed by atoms with Gasteiger partial charge >= 0.3 is 0 Å². The van der Waals surface area contributed by atoms with Crippen molar-refractivity contribution in [2.75, 3.05) is 0 Å². The first kappa shape index (κ1) is 13.1. The second kappa shape index (κ2) is 6.62. The van der Waals surface area contributed by atoms with Gasteiger partial charge in [0.15, 0.2) is 8.34 Å². The van der Waals surface area contributed by atoms with Gasteiger partial charge in [-0.1, -0.05) is 82.1 Å². The first-order valence-corrected chi connectivity index (χ1v) is 7.08. The highest BCUT2D eigenvalue weighted by atomic mass is 35.5. The Morgan fingerprint density at radius 1 is 0.786 bits per heavy atom. The van der Waals surface area contributed by atoms with Crippen LogP contribution in [-0.4, -0.2) is 8.34 Å². The van der Waals surface area contributed by atoms with Gasteiger partial charge in [0.25, 0.3) is 0 Å². The van der Waals surface area contributed by atoms with Crippen molar-refractivity contribution in [3.8, 4) is 0 Å². The van der Waals surface area contributed by atoms with Gasteiger partial charge in [-0.25, -0.2) is 0 Å². The molecule has 6 heteroatoms. The monoisotopic (exact) mass is 306 g/mol. The molecule has 0 aliphatic heterocycles. The van der Waals surface area contributed by atoms with E-state index in [0.29, 0.717) is 0 Å². The van der Waals surface area contributed by atoms with Crippen LogP contribution < -0.4 is 0 Å². The zero-order valence-corrected chi connectivity index (χ0v) is 11.4. The minimum absolute atomic E-state index is 0.485. The minimum Gasteiger partial charge on any atom is -0.0928 e. The number of halogens is 4. The predicted octanol–water partition coefficient (Wildman–Crippen LogP) is 5.39. The summed E-state index contributed by atoms with van der Waals surface area (Å²) in [4.78, 5) is 1.97. The van der Waals surface area contributed by atoms with E-state index >= 15 is 0 Å². The minimum atomic E-state index is -0.485. The number of hydrogen-bond acceptors (Lipinski definition) is 2. The number of rotatable bonds is 4. The third-order valence-corrected chi connectivity index (χ3v) is 4.06. The largest absolute Gasteiger partial charge is 0.157 e. The summed E-state index contributed by atoms with van der Waals surface area (Å²) in [5.41, 5.74) is 0. The molecule has 1 aromatic rings. The van der Waals surface area contributed by atoms with Crippen molar-refractivity contribution >= 4 is 69.9 Å². The number of hydrogen-bond donors (Lipinski definition) is 0. The van der Waals surface area contributed by atoms with Crippen LogP contribution in [0.15, 0.2) is 34.1 Å². The smallest absolute Gasteiger partial charge is 0.0928 e. The maximum absolute atomic E-state index is 5.67. The molecule has 0 spiro atoms. The Hall–Kier alpha value is 1.08. The van der Waals surface area contributed by atoms with Crippen LogP contribution in [0, 0.1) is 0 Å². The summed E-state index contributed by atoms with van der Waals surface area (Å²) in [5.74, 6) is 0. The van der Waals surface area contributed by atoms with Gasteiger partial charge in [-0.2, -0.15) is 0 Å². The summed E-state index contributed by atoms with van der Waals surface area (Å²) in [7, 11) is 0. The molecule has 0 atom stereocenters. The highest BCUT2D eigenvalue weighted by Crippen LogP contribution is 2.39. The van der Waals surface area contributed by atoms with E-state index in [-0.39, 0.29) is 0 Å². The number of alkyl halides is 4. The molecule has 0 bridgehead atoms. The van der Waals surface area contributed by atoms with E-state index in [1.807, 2.05) is 24.3 Å². The van der Waals surface area contributed by atoms with E-state index in [4.69, 9.17) is 46.4 Å². The van der Waals surface area contributed by atoms with Crippen LogP contribution in [0.25, 0.3) is 0 Å². The van der Waals surface area contributed by atoms with Crippen molar-refractivity contribution in [3.05, 3.63) is 24.3 Å². The average molecular weight is 308 g/mol. The molecule has 0 heterocycles. The molecule has 0 radical (unpaired) electrons. The molecule has 0 aromatic heterocycles. The molecule has 78 valence electrons. The van der Waals surface area contributed by atoms with Gasteiger partial charge in [0.2, 0.25) is 0 Å². The third-order valence-electron chi connectivity index (χ3n) is 1.28. The van der Waals surface area contributed by atoms with Gasteiger partial charge in [0.1, 0.15) is 0 Å². The fourth-order valence-electron chi connectivity index (χ4n) is 0.837. The molecule has 0 fully saturated rings. The summed E-state index contributed by atoms with van der Waals surface area (Å²) >= 11 is 25.4. The van der Waals surface area contributed by atoms with Crippen LogP contribution in [0.1, 0.15) is 0 Å². The molecular formula is C8H6Cl4S2. The van der Waals surface area contributed by atoms with Crippen LogP contribution >= 0.6 is 69.9 Å². The summed E-state index contributed by atoms with van der Waals surface area (Å²) in [6.45, 7) is 0. The second-order valence-electron chi connectivity index (χ2n) is 2.20. The van der Waals surface area contributed by atoms with Gasteiger partial charge in [0.05, 0.1) is 0 Å². The zero-order valence-electron chi connectivity index (χ0n) is 6.79. The van der Waals surface area contributed by atoms with Crippen molar-refractivity contribution in [3.63, 3.8) is 0 Å². The molecule has 14 heavy (non-hydrogen) atoms. The van der Waals surface area contributed by atoms with Gasteiger partial charge in [0, 0.05) is 9.79 Å². The van der Waals surface area contributed by atoms with E-state index in [9.17, 15) is 0 Å². The fourth-order valence-corrected chi connectivity index (χ4v) is 3.34. The quantitative estimate of drug-likeness (QED) is 0.540. The third kappa shape index (κ3) is 4.73. The van der Waals surface area contributed by atoms with E-state index in [1.54, 1.807) is 0 Å². The molecule has 0 N–H and O–H groups in total. The molecule has 1 aromatic carbocycles. The van der Waals surface area contributed by atoms with Crippen LogP contribution in [0.2, 0.25) is 0 Å². The highest BCUT2D eigenvalue weighted by Gasteiger charge is 2.10. The van der Waals surface area contributed by atoms with Crippen molar-refractivity contribution in [1.29, 1.82) is 0 Å². The van der Waals surface area contributed by atoms with Gasteiger partial charge in [-0.05, 0) is 12.1 Å². The number of thioether (sulfide) groups is 2. The Bertz CT molecular complexity index is 261. The van der Waals surface area contributed by atoms with Crippen LogP contribution in [-0.2, 0) is 0 Å². The van der Waals surface area contributed by atoms with Crippen molar-refractivity contribution < 1.29 is 0 Å². The molecule has 0 saturated heterocycles. The lowest BCUT2D eigenvalue weighted by molar-refractivity contribution is 1.25. The molecule has 0 nitrogen and oxygen atoms in total. The molecule has 0 amide bonds. The topological polar surface area (TPSA) is 0 Å². The van der Waals surface area contributed by atoms with Crippen molar-refractivity contribution in [1.82, 2.24) is 0 Å². The van der Waals surface area contributed by atoms with Crippen LogP contribution in [0.5, 0.6) is 0 Å². The fraction of sp³-hybridized carbons (Fsp3) is 0.250. The highest BCUT2D eigenvalue weighted by molar-refractivity contribution is 8.05. The summed E-state index contributed by atoms with van der Waals surface area (Å²) in [6.07, 6.45) is 0. The molecule has 0 aliphatic carbocycles. The Labute approximate surface area is 112 Å². The van der Waals surface area contributed by atoms with Gasteiger partial charge in [-0.3, -0.25) is 0 Å². The van der Waals surface area contributed by atoms with E-state index in [2.05, 4.69) is 0 Å². The lowest BCUT2D eigenvalue weighted by Gasteiger charge is -2.08. The Kier molecular flexibility index (Phi) is 6.21. The van der Waals surface area contributed by atoms with Crippen molar-refractivity contribution in [2.45, 2.75) is 18.1 Å². The lowest BCUT2D eigenvalue weighted by atomic mass is 10.4. The molecule has 1 rings (SSSR count). The van der Waals surface area contributed by atoms with Gasteiger partial charge in [-0.15, -0.1) is 0 Å². The standard InChI is InChI=1S/C8H6Cl4S2/c9-7(10)13-5-3-1-2-4-6(5)14-8(11)12/h1-4,7-8H. The summed E-state index contributed by atoms with van der Waals surface area (Å²) in [6, 6.07) is 7.70. The van der Waals surface area contributed by atoms with Gasteiger partial charge < -0.3 is 0 Å². The molecular weight excluding hydrogens is 302 g/mol. The van der Waals surface area contributed by atoms with Crippen molar-refractivity contribution in [2.24, 2.45) is 0 Å². The van der Waals surface area contributed by atoms with Crippen LogP contribution in [0.4, 0.5) is 0 Å². The van der Waals surface area contributed by atoms with E-state index in [1.165, 1.54) is 23.5 Å². The second-order valence-corrected chi connectivity index (χ2v) is 7.73. The van der Waals surface area contributed by atoms with E-state index in [0.717, 1.165) is 9.79 Å². The summed E-state index contributed by atoms with van der Waals surface area (Å²) in [5, 5.41) is 0. The lowest BCUT2D eigenvalue weighted by Crippen LogP contribution is -1.84. The number of benzene rings is 1. The Balaban J connectivity index is 2.80. The van der Waals surface area contributed by atoms with E-state index < -0.39 is 8.34 Å². The summed E-state index contributed by atoms with van der Waals surface area (Å²) < 4.78 is -0.971.